The summed E-state index contributed by atoms with van der Waals surface area (Å²) in [6.07, 6.45) is 1.37. The largest absolute Gasteiger partial charge is 0.461 e. The second kappa shape index (κ2) is 8.70. The lowest BCUT2D eigenvalue weighted by molar-refractivity contribution is -0.145. The van der Waals surface area contributed by atoms with Crippen molar-refractivity contribution < 1.29 is 9.53 Å². The molecule has 0 amide bonds. The van der Waals surface area contributed by atoms with Gasteiger partial charge in [0.05, 0.1) is 0 Å². The summed E-state index contributed by atoms with van der Waals surface area (Å²) in [6, 6.07) is 9.77. The Kier molecular flexibility index (Phi) is 7.11. The summed E-state index contributed by atoms with van der Waals surface area (Å²) in [5.41, 5.74) is 1.04. The summed E-state index contributed by atoms with van der Waals surface area (Å²) in [5.74, 6) is -0.106. The molecular weight excluding hydrogens is 226 g/mol. The van der Waals surface area contributed by atoms with Gasteiger partial charge in [0, 0.05) is 6.42 Å². The molecule has 0 saturated carbocycles. The number of ether oxygens (including phenoxy) is 1. The van der Waals surface area contributed by atoms with Crippen LogP contribution in [-0.2, 0) is 16.1 Å². The third-order valence-electron chi connectivity index (χ3n) is 2.99. The van der Waals surface area contributed by atoms with E-state index in [-0.39, 0.29) is 5.97 Å². The molecule has 3 nitrogen and oxygen atoms in total. The van der Waals surface area contributed by atoms with Crippen LogP contribution in [0.3, 0.4) is 0 Å². The van der Waals surface area contributed by atoms with Crippen LogP contribution in [0, 0.1) is 0 Å². The fraction of sp³-hybridized carbons (Fsp3) is 0.533. The van der Waals surface area contributed by atoms with Gasteiger partial charge in [0.2, 0.25) is 0 Å². The molecule has 0 aliphatic heterocycles. The predicted molar refractivity (Wildman–Crippen MR) is 73.3 cm³/mol. The topological polar surface area (TPSA) is 29.5 Å². The van der Waals surface area contributed by atoms with Gasteiger partial charge in [-0.3, -0.25) is 4.79 Å². The van der Waals surface area contributed by atoms with Crippen molar-refractivity contribution in [3.05, 3.63) is 35.9 Å². The van der Waals surface area contributed by atoms with E-state index in [1.54, 1.807) is 0 Å². The van der Waals surface area contributed by atoms with E-state index in [1.807, 2.05) is 30.3 Å². The van der Waals surface area contributed by atoms with Crippen molar-refractivity contribution in [1.29, 1.82) is 0 Å². The third kappa shape index (κ3) is 5.82. The van der Waals surface area contributed by atoms with Crippen LogP contribution in [-0.4, -0.2) is 30.5 Å². The lowest BCUT2D eigenvalue weighted by Gasteiger charge is -2.17. The molecular formula is C15H23NO2. The van der Waals surface area contributed by atoms with Gasteiger partial charge < -0.3 is 9.64 Å². The Morgan fingerprint density at radius 2 is 1.83 bits per heavy atom. The van der Waals surface area contributed by atoms with E-state index in [1.165, 1.54) is 0 Å². The van der Waals surface area contributed by atoms with Gasteiger partial charge in [-0.2, -0.15) is 0 Å². The Labute approximate surface area is 110 Å². The van der Waals surface area contributed by atoms with Crippen molar-refractivity contribution in [3.63, 3.8) is 0 Å². The lowest BCUT2D eigenvalue weighted by Crippen LogP contribution is -2.24. The van der Waals surface area contributed by atoms with Gasteiger partial charge >= 0.3 is 5.97 Å². The molecule has 0 spiro atoms. The molecule has 0 fully saturated rings. The second-order valence-electron chi connectivity index (χ2n) is 4.28. The number of nitrogens with zero attached hydrogens (tertiary/aromatic N) is 1. The zero-order valence-corrected chi connectivity index (χ0v) is 11.4. The van der Waals surface area contributed by atoms with Crippen LogP contribution < -0.4 is 0 Å². The van der Waals surface area contributed by atoms with Crippen molar-refractivity contribution in [2.45, 2.75) is 33.3 Å². The van der Waals surface area contributed by atoms with Gasteiger partial charge in [-0.25, -0.2) is 0 Å². The van der Waals surface area contributed by atoms with Crippen molar-refractivity contribution in [3.8, 4) is 0 Å². The summed E-state index contributed by atoms with van der Waals surface area (Å²) in [4.78, 5) is 13.8. The average molecular weight is 249 g/mol. The van der Waals surface area contributed by atoms with Crippen LogP contribution in [0.5, 0.6) is 0 Å². The van der Waals surface area contributed by atoms with Crippen molar-refractivity contribution in [2.24, 2.45) is 0 Å². The first-order valence-corrected chi connectivity index (χ1v) is 6.68. The highest BCUT2D eigenvalue weighted by Gasteiger charge is 2.05. The molecule has 0 unspecified atom stereocenters. The molecule has 0 heterocycles. The molecule has 0 N–H and O–H groups in total. The summed E-state index contributed by atoms with van der Waals surface area (Å²) in [5, 5.41) is 0. The lowest BCUT2D eigenvalue weighted by atomic mass is 10.2. The third-order valence-corrected chi connectivity index (χ3v) is 2.99. The van der Waals surface area contributed by atoms with Gasteiger partial charge in [0.1, 0.15) is 6.61 Å². The molecule has 1 aromatic rings. The number of esters is 1. The number of hydrogen-bond acceptors (Lipinski definition) is 3. The van der Waals surface area contributed by atoms with Crippen LogP contribution >= 0.6 is 0 Å². The van der Waals surface area contributed by atoms with Crippen molar-refractivity contribution in [2.75, 3.05) is 19.6 Å². The minimum absolute atomic E-state index is 0.106. The number of hydrogen-bond donors (Lipinski definition) is 0. The van der Waals surface area contributed by atoms with E-state index in [2.05, 4.69) is 18.7 Å². The predicted octanol–water partition coefficient (Wildman–Crippen LogP) is 2.85. The smallest absolute Gasteiger partial charge is 0.306 e. The van der Waals surface area contributed by atoms with E-state index >= 15 is 0 Å². The zero-order chi connectivity index (χ0) is 13.2. The molecule has 0 atom stereocenters. The molecule has 0 aliphatic rings. The molecule has 1 aromatic carbocycles. The fourth-order valence-corrected chi connectivity index (χ4v) is 1.80. The van der Waals surface area contributed by atoms with Gasteiger partial charge in [-0.15, -0.1) is 0 Å². The Balaban J connectivity index is 2.14. The van der Waals surface area contributed by atoms with Gasteiger partial charge in [-0.05, 0) is 31.6 Å². The Hall–Kier alpha value is -1.35. The average Bonchev–Trinajstić information content (AvgIpc) is 2.42. The second-order valence-corrected chi connectivity index (χ2v) is 4.28. The maximum absolute atomic E-state index is 11.5. The summed E-state index contributed by atoms with van der Waals surface area (Å²) in [7, 11) is 0. The van der Waals surface area contributed by atoms with E-state index in [9.17, 15) is 4.79 Å². The molecule has 0 aromatic heterocycles. The number of carbonyl (C=O) groups is 1. The van der Waals surface area contributed by atoms with Crippen LogP contribution in [0.4, 0.5) is 0 Å². The first-order chi connectivity index (χ1) is 8.76. The molecule has 18 heavy (non-hydrogen) atoms. The van der Waals surface area contributed by atoms with Crippen LogP contribution in [0.1, 0.15) is 32.3 Å². The summed E-state index contributed by atoms with van der Waals surface area (Å²) in [6.45, 7) is 7.69. The Morgan fingerprint density at radius 3 is 2.44 bits per heavy atom. The van der Waals surface area contributed by atoms with Crippen molar-refractivity contribution >= 4 is 5.97 Å². The van der Waals surface area contributed by atoms with E-state index in [4.69, 9.17) is 4.74 Å². The van der Waals surface area contributed by atoms with E-state index < -0.39 is 0 Å². The van der Waals surface area contributed by atoms with Crippen molar-refractivity contribution in [1.82, 2.24) is 4.90 Å². The normalized spacial score (nSPS) is 10.6. The first-order valence-electron chi connectivity index (χ1n) is 6.68. The standard InChI is InChI=1S/C15H23NO2/c1-3-16(4-2)12-8-11-15(17)18-13-14-9-6-5-7-10-14/h5-7,9-10H,3-4,8,11-13H2,1-2H3. The highest BCUT2D eigenvalue weighted by Crippen LogP contribution is 2.03. The van der Waals surface area contributed by atoms with Crippen LogP contribution in [0.15, 0.2) is 30.3 Å². The number of benzene rings is 1. The molecule has 3 heteroatoms. The van der Waals surface area contributed by atoms with Crippen LogP contribution in [0.25, 0.3) is 0 Å². The summed E-state index contributed by atoms with van der Waals surface area (Å²) >= 11 is 0. The number of rotatable bonds is 8. The molecule has 100 valence electrons. The zero-order valence-electron chi connectivity index (χ0n) is 11.4. The minimum atomic E-state index is -0.106. The van der Waals surface area contributed by atoms with E-state index in [0.717, 1.165) is 31.6 Å². The Morgan fingerprint density at radius 1 is 1.17 bits per heavy atom. The Bertz CT molecular complexity index is 334. The summed E-state index contributed by atoms with van der Waals surface area (Å²) < 4.78 is 5.22. The maximum Gasteiger partial charge on any atom is 0.306 e. The SMILES string of the molecule is CCN(CC)CCCC(=O)OCc1ccccc1. The molecule has 1 rings (SSSR count). The highest BCUT2D eigenvalue weighted by molar-refractivity contribution is 5.69. The number of carbonyl (C=O) groups excluding carboxylic acids is 1. The van der Waals surface area contributed by atoms with Gasteiger partial charge in [0.15, 0.2) is 0 Å². The van der Waals surface area contributed by atoms with Gasteiger partial charge in [-0.1, -0.05) is 44.2 Å². The quantitative estimate of drug-likeness (QED) is 0.663. The molecule has 0 saturated heterocycles. The molecule has 0 aliphatic carbocycles. The highest BCUT2D eigenvalue weighted by atomic mass is 16.5. The van der Waals surface area contributed by atoms with E-state index in [0.29, 0.717) is 13.0 Å². The minimum Gasteiger partial charge on any atom is -0.461 e. The van der Waals surface area contributed by atoms with Crippen LogP contribution in [0.2, 0.25) is 0 Å². The first kappa shape index (κ1) is 14.7. The monoisotopic (exact) mass is 249 g/mol. The fourth-order valence-electron chi connectivity index (χ4n) is 1.80. The van der Waals surface area contributed by atoms with Gasteiger partial charge in [0.25, 0.3) is 0 Å². The molecule has 0 radical (unpaired) electrons. The maximum atomic E-state index is 11.5. The molecule has 0 bridgehead atoms.